The second-order valence-electron chi connectivity index (χ2n) is 4.34. The van der Waals surface area contributed by atoms with Crippen LogP contribution in [-0.4, -0.2) is 24.7 Å². The largest absolute Gasteiger partial charge is 0.372 e. The highest BCUT2D eigenvalue weighted by molar-refractivity contribution is 7.09. The molecule has 0 radical (unpaired) electrons. The van der Waals surface area contributed by atoms with E-state index < -0.39 is 0 Å². The number of nitrogens with zero attached hydrogens (tertiary/aromatic N) is 1. The monoisotopic (exact) mass is 240 g/mol. The zero-order valence-corrected chi connectivity index (χ0v) is 10.8. The summed E-state index contributed by atoms with van der Waals surface area (Å²) in [4.78, 5) is 4.54. The molecule has 1 fully saturated rings. The molecule has 3 nitrogen and oxygen atoms in total. The summed E-state index contributed by atoms with van der Waals surface area (Å²) in [5.74, 6) is 0.591. The molecule has 1 aliphatic rings. The number of aromatic nitrogens is 1. The Bertz CT molecular complexity index is 327. The van der Waals surface area contributed by atoms with E-state index in [-0.39, 0.29) is 6.10 Å². The minimum absolute atomic E-state index is 0.217. The van der Waals surface area contributed by atoms with Crippen molar-refractivity contribution in [3.05, 3.63) is 16.1 Å². The average Bonchev–Trinajstić information content (AvgIpc) is 2.87. The third-order valence-corrected chi connectivity index (χ3v) is 3.77. The molecule has 1 aromatic heterocycles. The second kappa shape index (κ2) is 5.75. The first-order chi connectivity index (χ1) is 7.81. The maximum absolute atomic E-state index is 5.80. The van der Waals surface area contributed by atoms with Crippen LogP contribution >= 0.6 is 11.3 Å². The molecule has 2 atom stereocenters. The molecule has 1 aliphatic heterocycles. The Labute approximate surface area is 101 Å². The Hall–Kier alpha value is -0.450. The lowest BCUT2D eigenvalue weighted by atomic mass is 9.99. The van der Waals surface area contributed by atoms with Gasteiger partial charge in [0, 0.05) is 24.4 Å². The summed E-state index contributed by atoms with van der Waals surface area (Å²) in [7, 11) is 0. The fraction of sp³-hybridized carbons (Fsp3) is 0.750. The van der Waals surface area contributed by atoms with E-state index in [1.165, 1.54) is 6.42 Å². The quantitative estimate of drug-likeness (QED) is 0.803. The van der Waals surface area contributed by atoms with Crippen LogP contribution < -0.4 is 5.32 Å². The Balaban J connectivity index is 1.92. The van der Waals surface area contributed by atoms with Gasteiger partial charge >= 0.3 is 0 Å². The molecule has 0 aromatic carbocycles. The minimum Gasteiger partial charge on any atom is -0.372 e. The molecular weight excluding hydrogens is 220 g/mol. The molecule has 90 valence electrons. The van der Waals surface area contributed by atoms with E-state index in [2.05, 4.69) is 22.6 Å². The van der Waals surface area contributed by atoms with Crippen LogP contribution in [0.5, 0.6) is 0 Å². The number of hydrogen-bond acceptors (Lipinski definition) is 4. The Morgan fingerprint density at radius 3 is 3.19 bits per heavy atom. The summed E-state index contributed by atoms with van der Waals surface area (Å²) in [6, 6.07) is 0. The normalized spacial score (nSPS) is 25.1. The molecule has 4 heteroatoms. The van der Waals surface area contributed by atoms with Crippen LogP contribution in [0.3, 0.4) is 0 Å². The van der Waals surface area contributed by atoms with E-state index in [4.69, 9.17) is 4.74 Å². The van der Waals surface area contributed by atoms with Crippen LogP contribution in [0.2, 0.25) is 0 Å². The highest BCUT2D eigenvalue weighted by Gasteiger charge is 2.30. The smallest absolute Gasteiger partial charge is 0.104 e. The molecule has 0 spiro atoms. The third kappa shape index (κ3) is 2.81. The van der Waals surface area contributed by atoms with E-state index >= 15 is 0 Å². The molecule has 0 saturated carbocycles. The van der Waals surface area contributed by atoms with Gasteiger partial charge in [0.2, 0.25) is 0 Å². The van der Waals surface area contributed by atoms with Crippen LogP contribution in [0, 0.1) is 12.8 Å². The van der Waals surface area contributed by atoms with Gasteiger partial charge in [-0.2, -0.15) is 0 Å². The zero-order chi connectivity index (χ0) is 11.4. The van der Waals surface area contributed by atoms with Crippen molar-refractivity contribution in [1.29, 1.82) is 0 Å². The molecule has 1 saturated heterocycles. The standard InChI is InChI=1S/C12H20N2OS/c1-3-5-13-7-10-4-6-15-12(10)11-8-16-9(2)14-11/h8,10,12-13H,3-7H2,1-2H3. The van der Waals surface area contributed by atoms with Gasteiger partial charge in [-0.1, -0.05) is 6.92 Å². The summed E-state index contributed by atoms with van der Waals surface area (Å²) in [6.07, 6.45) is 2.56. The van der Waals surface area contributed by atoms with Crippen molar-refractivity contribution in [1.82, 2.24) is 10.3 Å². The molecule has 1 N–H and O–H groups in total. The summed E-state index contributed by atoms with van der Waals surface area (Å²) in [6.45, 7) is 7.26. The van der Waals surface area contributed by atoms with Crippen molar-refractivity contribution in [2.75, 3.05) is 19.7 Å². The summed E-state index contributed by atoms with van der Waals surface area (Å²) in [5, 5.41) is 6.75. The van der Waals surface area contributed by atoms with E-state index in [1.807, 2.05) is 6.92 Å². The van der Waals surface area contributed by atoms with Crippen LogP contribution in [0.4, 0.5) is 0 Å². The Morgan fingerprint density at radius 1 is 1.62 bits per heavy atom. The summed E-state index contributed by atoms with van der Waals surface area (Å²) in [5.41, 5.74) is 1.13. The van der Waals surface area contributed by atoms with Crippen LogP contribution in [0.25, 0.3) is 0 Å². The van der Waals surface area contributed by atoms with Gasteiger partial charge in [0.1, 0.15) is 6.10 Å². The Morgan fingerprint density at radius 2 is 2.50 bits per heavy atom. The van der Waals surface area contributed by atoms with E-state index in [0.717, 1.165) is 36.8 Å². The van der Waals surface area contributed by atoms with Crippen LogP contribution in [0.1, 0.15) is 36.6 Å². The number of thiazole rings is 1. The number of hydrogen-bond donors (Lipinski definition) is 1. The van der Waals surface area contributed by atoms with E-state index in [0.29, 0.717) is 5.92 Å². The van der Waals surface area contributed by atoms with E-state index in [9.17, 15) is 0 Å². The molecule has 2 rings (SSSR count). The van der Waals surface area contributed by atoms with Gasteiger partial charge < -0.3 is 10.1 Å². The zero-order valence-electron chi connectivity index (χ0n) is 10.0. The maximum atomic E-state index is 5.80. The molecule has 2 heterocycles. The lowest BCUT2D eigenvalue weighted by Gasteiger charge is -2.17. The topological polar surface area (TPSA) is 34.1 Å². The molecule has 0 amide bonds. The van der Waals surface area contributed by atoms with Crippen molar-refractivity contribution in [3.63, 3.8) is 0 Å². The van der Waals surface area contributed by atoms with Crippen LogP contribution in [-0.2, 0) is 4.74 Å². The second-order valence-corrected chi connectivity index (χ2v) is 5.40. The summed E-state index contributed by atoms with van der Waals surface area (Å²) >= 11 is 1.71. The number of ether oxygens (including phenoxy) is 1. The van der Waals surface area contributed by atoms with Crippen molar-refractivity contribution < 1.29 is 4.74 Å². The maximum Gasteiger partial charge on any atom is 0.104 e. The molecule has 2 unspecified atom stereocenters. The first kappa shape index (κ1) is 12.0. The van der Waals surface area contributed by atoms with Gasteiger partial charge in [0.25, 0.3) is 0 Å². The lowest BCUT2D eigenvalue weighted by molar-refractivity contribution is 0.0875. The molecular formula is C12H20N2OS. The highest BCUT2D eigenvalue weighted by Crippen LogP contribution is 2.34. The molecule has 0 bridgehead atoms. The third-order valence-electron chi connectivity index (χ3n) is 2.98. The van der Waals surface area contributed by atoms with Crippen molar-refractivity contribution >= 4 is 11.3 Å². The van der Waals surface area contributed by atoms with Crippen LogP contribution in [0.15, 0.2) is 5.38 Å². The van der Waals surface area contributed by atoms with Gasteiger partial charge in [0.05, 0.1) is 10.7 Å². The SMILES string of the molecule is CCCNCC1CCOC1c1csc(C)n1. The van der Waals surface area contributed by atoms with Gasteiger partial charge in [-0.05, 0) is 26.3 Å². The number of rotatable bonds is 5. The van der Waals surface area contributed by atoms with Crippen molar-refractivity contribution in [2.24, 2.45) is 5.92 Å². The number of nitrogens with one attached hydrogen (secondary N) is 1. The first-order valence-electron chi connectivity index (χ1n) is 6.05. The molecule has 1 aromatic rings. The van der Waals surface area contributed by atoms with Crippen molar-refractivity contribution in [2.45, 2.75) is 32.8 Å². The highest BCUT2D eigenvalue weighted by atomic mass is 32.1. The average molecular weight is 240 g/mol. The predicted octanol–water partition coefficient (Wildman–Crippen LogP) is 2.53. The minimum atomic E-state index is 0.217. The summed E-state index contributed by atoms with van der Waals surface area (Å²) < 4.78 is 5.80. The van der Waals surface area contributed by atoms with Gasteiger partial charge in [-0.3, -0.25) is 0 Å². The molecule has 0 aliphatic carbocycles. The fourth-order valence-electron chi connectivity index (χ4n) is 2.14. The predicted molar refractivity (Wildman–Crippen MR) is 66.8 cm³/mol. The lowest BCUT2D eigenvalue weighted by Crippen LogP contribution is -2.25. The van der Waals surface area contributed by atoms with E-state index in [1.54, 1.807) is 11.3 Å². The van der Waals surface area contributed by atoms with Crippen molar-refractivity contribution in [3.8, 4) is 0 Å². The Kier molecular flexibility index (Phi) is 4.32. The van der Waals surface area contributed by atoms with Gasteiger partial charge in [-0.15, -0.1) is 11.3 Å². The number of aryl methyl sites for hydroxylation is 1. The first-order valence-corrected chi connectivity index (χ1v) is 6.93. The van der Waals surface area contributed by atoms with Gasteiger partial charge in [0.15, 0.2) is 0 Å². The van der Waals surface area contributed by atoms with Gasteiger partial charge in [-0.25, -0.2) is 4.98 Å². The fourth-order valence-corrected chi connectivity index (χ4v) is 2.78. The molecule has 16 heavy (non-hydrogen) atoms.